The first-order valence-corrected chi connectivity index (χ1v) is 7.29. The van der Waals surface area contributed by atoms with Gasteiger partial charge in [0.1, 0.15) is 0 Å². The van der Waals surface area contributed by atoms with Crippen LogP contribution in [0.15, 0.2) is 29.3 Å². The lowest BCUT2D eigenvalue weighted by Gasteiger charge is -2.22. The minimum Gasteiger partial charge on any atom is -0.382 e. The van der Waals surface area contributed by atoms with Crippen LogP contribution in [0.3, 0.4) is 0 Å². The molecule has 0 unspecified atom stereocenters. The van der Waals surface area contributed by atoms with Gasteiger partial charge >= 0.3 is 0 Å². The highest BCUT2D eigenvalue weighted by atomic mass is 35.5. The molecule has 5 heteroatoms. The van der Waals surface area contributed by atoms with E-state index >= 15 is 0 Å². The third kappa shape index (κ3) is 6.26. The second kappa shape index (κ2) is 9.61. The van der Waals surface area contributed by atoms with Crippen LogP contribution < -0.4 is 5.32 Å². The van der Waals surface area contributed by atoms with Gasteiger partial charge in [0.15, 0.2) is 5.96 Å². The molecule has 0 aromatic heterocycles. The molecule has 0 saturated carbocycles. The molecule has 0 atom stereocenters. The number of ether oxygens (including phenoxy) is 1. The lowest BCUT2D eigenvalue weighted by Crippen LogP contribution is -2.39. The number of hydrogen-bond donors (Lipinski definition) is 1. The molecule has 20 heavy (non-hydrogen) atoms. The van der Waals surface area contributed by atoms with Gasteiger partial charge in [-0.25, -0.2) is 0 Å². The monoisotopic (exact) mass is 297 g/mol. The Labute approximate surface area is 126 Å². The van der Waals surface area contributed by atoms with Crippen LogP contribution in [0.1, 0.15) is 18.9 Å². The average Bonchev–Trinajstić information content (AvgIpc) is 2.42. The van der Waals surface area contributed by atoms with Crippen molar-refractivity contribution in [1.29, 1.82) is 0 Å². The molecule has 0 heterocycles. The van der Waals surface area contributed by atoms with E-state index in [1.54, 1.807) is 7.05 Å². The van der Waals surface area contributed by atoms with Crippen LogP contribution in [0, 0.1) is 0 Å². The Morgan fingerprint density at radius 3 is 2.90 bits per heavy atom. The van der Waals surface area contributed by atoms with Crippen LogP contribution >= 0.6 is 11.6 Å². The summed E-state index contributed by atoms with van der Waals surface area (Å²) in [4.78, 5) is 6.36. The summed E-state index contributed by atoms with van der Waals surface area (Å²) in [5.41, 5.74) is 1.16. The van der Waals surface area contributed by atoms with Gasteiger partial charge in [0.2, 0.25) is 0 Å². The molecule has 0 fully saturated rings. The zero-order chi connectivity index (χ0) is 14.8. The minimum atomic E-state index is 0.760. The number of nitrogens with one attached hydrogen (secondary N) is 1. The van der Waals surface area contributed by atoms with Crippen molar-refractivity contribution in [1.82, 2.24) is 10.2 Å². The summed E-state index contributed by atoms with van der Waals surface area (Å²) in [5, 5.41) is 4.09. The maximum Gasteiger partial charge on any atom is 0.193 e. The number of halogens is 1. The molecule has 112 valence electrons. The molecule has 0 aliphatic carbocycles. The van der Waals surface area contributed by atoms with Crippen LogP contribution in [0.25, 0.3) is 0 Å². The fourth-order valence-electron chi connectivity index (χ4n) is 1.89. The molecule has 0 aliphatic heterocycles. The zero-order valence-electron chi connectivity index (χ0n) is 12.5. The van der Waals surface area contributed by atoms with E-state index in [0.29, 0.717) is 0 Å². The smallest absolute Gasteiger partial charge is 0.193 e. The molecule has 1 N–H and O–H groups in total. The fourth-order valence-corrected chi connectivity index (χ4v) is 2.10. The van der Waals surface area contributed by atoms with Crippen LogP contribution in [0.2, 0.25) is 5.02 Å². The van der Waals surface area contributed by atoms with Crippen LogP contribution in [-0.2, 0) is 11.3 Å². The fraction of sp³-hybridized carbons (Fsp3) is 0.533. The SMILES string of the molecule is CCOCCCNC(=NC)N(C)Cc1cccc(Cl)c1. The highest BCUT2D eigenvalue weighted by Gasteiger charge is 2.06. The summed E-state index contributed by atoms with van der Waals surface area (Å²) in [7, 11) is 3.80. The molecular formula is C15H24ClN3O. The predicted molar refractivity (Wildman–Crippen MR) is 85.4 cm³/mol. The number of benzene rings is 1. The summed E-state index contributed by atoms with van der Waals surface area (Å²) < 4.78 is 5.31. The van der Waals surface area contributed by atoms with Crippen molar-refractivity contribution in [2.75, 3.05) is 33.9 Å². The standard InChI is InChI=1S/C15H24ClN3O/c1-4-20-10-6-9-18-15(17-2)19(3)12-13-7-5-8-14(16)11-13/h5,7-8,11H,4,6,9-10,12H2,1-3H3,(H,17,18). The topological polar surface area (TPSA) is 36.9 Å². The Morgan fingerprint density at radius 2 is 2.25 bits per heavy atom. The van der Waals surface area contributed by atoms with E-state index < -0.39 is 0 Å². The van der Waals surface area contributed by atoms with Crippen LogP contribution in [-0.4, -0.2) is 44.7 Å². The quantitative estimate of drug-likeness (QED) is 0.478. The molecule has 0 bridgehead atoms. The highest BCUT2D eigenvalue weighted by Crippen LogP contribution is 2.12. The van der Waals surface area contributed by atoms with Gasteiger partial charge in [-0.3, -0.25) is 4.99 Å². The van der Waals surface area contributed by atoms with Crippen molar-refractivity contribution in [2.24, 2.45) is 4.99 Å². The molecule has 0 radical (unpaired) electrons. The van der Waals surface area contributed by atoms with Crippen LogP contribution in [0.5, 0.6) is 0 Å². The van der Waals surface area contributed by atoms with Crippen LogP contribution in [0.4, 0.5) is 0 Å². The van der Waals surface area contributed by atoms with Crippen molar-refractivity contribution >= 4 is 17.6 Å². The Morgan fingerprint density at radius 1 is 1.45 bits per heavy atom. The first kappa shape index (κ1) is 16.8. The summed E-state index contributed by atoms with van der Waals surface area (Å²) in [6, 6.07) is 7.88. The first-order valence-electron chi connectivity index (χ1n) is 6.91. The maximum absolute atomic E-state index is 6.00. The lowest BCUT2D eigenvalue weighted by molar-refractivity contribution is 0.145. The third-order valence-electron chi connectivity index (χ3n) is 2.83. The normalized spacial score (nSPS) is 11.5. The lowest BCUT2D eigenvalue weighted by atomic mass is 10.2. The van der Waals surface area contributed by atoms with Gasteiger partial charge in [0, 0.05) is 45.4 Å². The molecule has 0 spiro atoms. The van der Waals surface area contributed by atoms with Gasteiger partial charge in [0.05, 0.1) is 0 Å². The summed E-state index contributed by atoms with van der Waals surface area (Å²) in [6.45, 7) is 5.17. The molecule has 1 aromatic carbocycles. The molecule has 0 amide bonds. The van der Waals surface area contributed by atoms with Crippen molar-refractivity contribution in [3.8, 4) is 0 Å². The Kier molecular flexibility index (Phi) is 8.07. The molecule has 1 rings (SSSR count). The summed E-state index contributed by atoms with van der Waals surface area (Å²) >= 11 is 6.00. The maximum atomic E-state index is 6.00. The molecular weight excluding hydrogens is 274 g/mol. The first-order chi connectivity index (χ1) is 9.67. The van der Waals surface area contributed by atoms with E-state index in [1.165, 1.54) is 0 Å². The van der Waals surface area contributed by atoms with E-state index in [2.05, 4.69) is 21.3 Å². The molecule has 0 aliphatic rings. The molecule has 0 saturated heterocycles. The number of nitrogens with zero attached hydrogens (tertiary/aromatic N) is 2. The summed E-state index contributed by atoms with van der Waals surface area (Å²) in [5.74, 6) is 0.876. The number of guanidine groups is 1. The van der Waals surface area contributed by atoms with Gasteiger partial charge in [-0.2, -0.15) is 0 Å². The Hall–Kier alpha value is -1.26. The summed E-state index contributed by atoms with van der Waals surface area (Å²) in [6.07, 6.45) is 0.970. The van der Waals surface area contributed by atoms with E-state index in [4.69, 9.17) is 16.3 Å². The van der Waals surface area contributed by atoms with Crippen molar-refractivity contribution in [2.45, 2.75) is 19.9 Å². The minimum absolute atomic E-state index is 0.760. The van der Waals surface area contributed by atoms with E-state index in [1.807, 2.05) is 32.2 Å². The van der Waals surface area contributed by atoms with Gasteiger partial charge in [-0.1, -0.05) is 23.7 Å². The van der Waals surface area contributed by atoms with Gasteiger partial charge in [0.25, 0.3) is 0 Å². The van der Waals surface area contributed by atoms with Crippen molar-refractivity contribution in [3.05, 3.63) is 34.9 Å². The van der Waals surface area contributed by atoms with Crippen molar-refractivity contribution in [3.63, 3.8) is 0 Å². The van der Waals surface area contributed by atoms with Gasteiger partial charge in [-0.05, 0) is 31.0 Å². The van der Waals surface area contributed by atoms with Gasteiger partial charge < -0.3 is 15.0 Å². The van der Waals surface area contributed by atoms with E-state index in [9.17, 15) is 0 Å². The number of hydrogen-bond acceptors (Lipinski definition) is 2. The number of aliphatic imine (C=N–C) groups is 1. The van der Waals surface area contributed by atoms with E-state index in [0.717, 1.165) is 49.3 Å². The van der Waals surface area contributed by atoms with E-state index in [-0.39, 0.29) is 0 Å². The third-order valence-corrected chi connectivity index (χ3v) is 3.07. The zero-order valence-corrected chi connectivity index (χ0v) is 13.3. The predicted octanol–water partition coefficient (Wildman–Crippen LogP) is 2.77. The largest absolute Gasteiger partial charge is 0.382 e. The highest BCUT2D eigenvalue weighted by molar-refractivity contribution is 6.30. The average molecular weight is 298 g/mol. The molecule has 4 nitrogen and oxygen atoms in total. The van der Waals surface area contributed by atoms with Gasteiger partial charge in [-0.15, -0.1) is 0 Å². The second-order valence-electron chi connectivity index (χ2n) is 4.51. The second-order valence-corrected chi connectivity index (χ2v) is 4.95. The van der Waals surface area contributed by atoms with Crippen molar-refractivity contribution < 1.29 is 4.74 Å². The Bertz CT molecular complexity index is 423. The molecule has 1 aromatic rings. The Balaban J connectivity index is 2.41. The number of rotatable bonds is 7.